The van der Waals surface area contributed by atoms with Crippen molar-refractivity contribution in [1.82, 2.24) is 24.3 Å². The summed E-state index contributed by atoms with van der Waals surface area (Å²) in [5, 5.41) is 5.81. The highest BCUT2D eigenvalue weighted by atomic mass is 32.1. The van der Waals surface area contributed by atoms with Gasteiger partial charge < -0.3 is 4.57 Å². The van der Waals surface area contributed by atoms with Crippen LogP contribution in [-0.2, 0) is 6.54 Å². The smallest absolute Gasteiger partial charge is 0.283 e. The van der Waals surface area contributed by atoms with E-state index in [1.54, 1.807) is 52.7 Å². The Morgan fingerprint density at radius 1 is 1.22 bits per heavy atom. The molecule has 3 heterocycles. The van der Waals surface area contributed by atoms with E-state index in [4.69, 9.17) is 0 Å². The van der Waals surface area contributed by atoms with Gasteiger partial charge in [0.05, 0.1) is 12.1 Å². The van der Waals surface area contributed by atoms with Crippen LogP contribution in [0.2, 0.25) is 0 Å². The number of benzene rings is 1. The molecule has 0 saturated heterocycles. The van der Waals surface area contributed by atoms with Gasteiger partial charge in [-0.25, -0.2) is 19.0 Å². The standard InChI is InChI=1S/C18H13FN6OS/c19-15-6-2-1-4-13(15)10-24-8-9-27-18(24)23-17(26)14-5-3-7-21-16(14)25-12-20-11-22-25/h1-9,11-12H,10H2. The van der Waals surface area contributed by atoms with Crippen LogP contribution in [0, 0.1) is 5.82 Å². The number of carbonyl (C=O) groups is 1. The van der Waals surface area contributed by atoms with E-state index in [1.165, 1.54) is 34.7 Å². The van der Waals surface area contributed by atoms with Crippen molar-refractivity contribution >= 4 is 17.2 Å². The zero-order chi connectivity index (χ0) is 18.6. The van der Waals surface area contributed by atoms with E-state index in [2.05, 4.69) is 20.1 Å². The van der Waals surface area contributed by atoms with Gasteiger partial charge in [-0.1, -0.05) is 18.2 Å². The first-order valence-electron chi connectivity index (χ1n) is 7.99. The van der Waals surface area contributed by atoms with Gasteiger partial charge in [0, 0.05) is 23.3 Å². The predicted molar refractivity (Wildman–Crippen MR) is 96.9 cm³/mol. The maximum absolute atomic E-state index is 13.9. The Kier molecular flexibility index (Phi) is 4.67. The summed E-state index contributed by atoms with van der Waals surface area (Å²) in [6.07, 6.45) is 6.16. The van der Waals surface area contributed by atoms with E-state index in [-0.39, 0.29) is 12.4 Å². The molecule has 3 aromatic heterocycles. The Hall–Kier alpha value is -3.46. The SMILES string of the molecule is O=C(N=c1sccn1Cc1ccccc1F)c1cccnc1-n1cncn1. The second-order valence-electron chi connectivity index (χ2n) is 5.54. The van der Waals surface area contributed by atoms with Gasteiger partial charge in [-0.15, -0.1) is 11.3 Å². The topological polar surface area (TPSA) is 78.0 Å². The molecule has 0 radical (unpaired) electrons. The lowest BCUT2D eigenvalue weighted by Gasteiger charge is -2.05. The minimum Gasteiger partial charge on any atom is -0.319 e. The Bertz CT molecular complexity index is 1150. The van der Waals surface area contributed by atoms with Crippen LogP contribution in [0.25, 0.3) is 5.82 Å². The lowest BCUT2D eigenvalue weighted by Crippen LogP contribution is -2.18. The van der Waals surface area contributed by atoms with Gasteiger partial charge in [-0.2, -0.15) is 10.1 Å². The van der Waals surface area contributed by atoms with Crippen molar-refractivity contribution in [1.29, 1.82) is 0 Å². The third kappa shape index (κ3) is 3.58. The first-order valence-corrected chi connectivity index (χ1v) is 8.87. The molecular formula is C18H13FN6OS. The van der Waals surface area contributed by atoms with Crippen LogP contribution < -0.4 is 4.80 Å². The lowest BCUT2D eigenvalue weighted by molar-refractivity contribution is 0.0997. The Balaban J connectivity index is 1.69. The van der Waals surface area contributed by atoms with E-state index >= 15 is 0 Å². The minimum absolute atomic E-state index is 0.283. The quantitative estimate of drug-likeness (QED) is 0.545. The molecular weight excluding hydrogens is 367 g/mol. The van der Waals surface area contributed by atoms with E-state index < -0.39 is 5.91 Å². The van der Waals surface area contributed by atoms with Crippen LogP contribution in [-0.4, -0.2) is 30.2 Å². The Morgan fingerprint density at radius 2 is 2.11 bits per heavy atom. The average molecular weight is 380 g/mol. The summed E-state index contributed by atoms with van der Waals surface area (Å²) < 4.78 is 17.1. The molecule has 0 N–H and O–H groups in total. The van der Waals surface area contributed by atoms with Crippen molar-refractivity contribution in [2.75, 3.05) is 0 Å². The van der Waals surface area contributed by atoms with Crippen molar-refractivity contribution in [3.63, 3.8) is 0 Å². The van der Waals surface area contributed by atoms with E-state index in [1.807, 2.05) is 0 Å². The van der Waals surface area contributed by atoms with Gasteiger partial charge in [0.2, 0.25) is 0 Å². The van der Waals surface area contributed by atoms with Crippen molar-refractivity contribution < 1.29 is 9.18 Å². The number of hydrogen-bond acceptors (Lipinski definition) is 5. The second-order valence-corrected chi connectivity index (χ2v) is 6.41. The van der Waals surface area contributed by atoms with Crippen molar-refractivity contribution in [3.05, 3.63) is 88.6 Å². The van der Waals surface area contributed by atoms with Crippen LogP contribution >= 0.6 is 11.3 Å². The summed E-state index contributed by atoms with van der Waals surface area (Å²) in [4.78, 5) is 25.5. The molecule has 27 heavy (non-hydrogen) atoms. The largest absolute Gasteiger partial charge is 0.319 e. The highest BCUT2D eigenvalue weighted by molar-refractivity contribution is 7.07. The fourth-order valence-electron chi connectivity index (χ4n) is 2.53. The first kappa shape index (κ1) is 17.0. The van der Waals surface area contributed by atoms with Crippen LogP contribution in [0.15, 0.2) is 71.8 Å². The summed E-state index contributed by atoms with van der Waals surface area (Å²) in [5.41, 5.74) is 0.823. The zero-order valence-electron chi connectivity index (χ0n) is 13.9. The van der Waals surface area contributed by atoms with E-state index in [0.717, 1.165) is 0 Å². The molecule has 1 aromatic carbocycles. The fourth-order valence-corrected chi connectivity index (χ4v) is 3.25. The average Bonchev–Trinajstić information content (AvgIpc) is 3.36. The highest BCUT2D eigenvalue weighted by Crippen LogP contribution is 2.12. The van der Waals surface area contributed by atoms with Gasteiger partial charge in [0.1, 0.15) is 18.5 Å². The molecule has 0 aliphatic carbocycles. The summed E-state index contributed by atoms with van der Waals surface area (Å²) in [7, 11) is 0. The molecule has 7 nitrogen and oxygen atoms in total. The number of hydrogen-bond donors (Lipinski definition) is 0. The summed E-state index contributed by atoms with van der Waals surface area (Å²) in [6, 6.07) is 9.81. The maximum atomic E-state index is 13.9. The van der Waals surface area contributed by atoms with Gasteiger partial charge in [-0.3, -0.25) is 4.79 Å². The molecule has 0 aliphatic rings. The molecule has 0 saturated carbocycles. The molecule has 0 spiro atoms. The van der Waals surface area contributed by atoms with Crippen molar-refractivity contribution in [2.45, 2.75) is 6.54 Å². The number of rotatable bonds is 4. The fraction of sp³-hybridized carbons (Fsp3) is 0.0556. The molecule has 0 fully saturated rings. The van der Waals surface area contributed by atoms with Gasteiger partial charge in [0.15, 0.2) is 10.6 Å². The highest BCUT2D eigenvalue weighted by Gasteiger charge is 2.14. The molecule has 0 unspecified atom stereocenters. The normalized spacial score (nSPS) is 11.7. The maximum Gasteiger partial charge on any atom is 0.283 e. The third-order valence-electron chi connectivity index (χ3n) is 3.81. The number of halogens is 1. The van der Waals surface area contributed by atoms with E-state index in [0.29, 0.717) is 21.7 Å². The molecule has 9 heteroatoms. The number of amides is 1. The first-order chi connectivity index (χ1) is 13.2. The molecule has 1 amide bonds. The molecule has 134 valence electrons. The summed E-state index contributed by atoms with van der Waals surface area (Å²) in [5.74, 6) is -0.409. The third-order valence-corrected chi connectivity index (χ3v) is 4.60. The van der Waals surface area contributed by atoms with Gasteiger partial charge in [0.25, 0.3) is 5.91 Å². The molecule has 4 rings (SSSR count). The molecule has 0 aliphatic heterocycles. The van der Waals surface area contributed by atoms with Gasteiger partial charge in [-0.05, 0) is 18.2 Å². The van der Waals surface area contributed by atoms with Crippen LogP contribution in [0.1, 0.15) is 15.9 Å². The Labute approximate surface area is 157 Å². The van der Waals surface area contributed by atoms with Crippen molar-refractivity contribution in [2.24, 2.45) is 4.99 Å². The Morgan fingerprint density at radius 3 is 2.93 bits per heavy atom. The zero-order valence-corrected chi connectivity index (χ0v) is 14.8. The van der Waals surface area contributed by atoms with Crippen molar-refractivity contribution in [3.8, 4) is 5.82 Å². The minimum atomic E-state index is -0.460. The second kappa shape index (κ2) is 7.42. The van der Waals surface area contributed by atoms with E-state index in [9.17, 15) is 9.18 Å². The monoisotopic (exact) mass is 380 g/mol. The number of nitrogens with zero attached hydrogens (tertiary/aromatic N) is 6. The molecule has 0 bridgehead atoms. The number of carbonyl (C=O) groups excluding carboxylic acids is 1. The molecule has 4 aromatic rings. The van der Waals surface area contributed by atoms with Crippen LogP contribution in [0.3, 0.4) is 0 Å². The lowest BCUT2D eigenvalue weighted by atomic mass is 10.2. The van der Waals surface area contributed by atoms with Crippen LogP contribution in [0.5, 0.6) is 0 Å². The molecule has 0 atom stereocenters. The number of pyridine rings is 1. The summed E-state index contributed by atoms with van der Waals surface area (Å²) >= 11 is 1.30. The summed E-state index contributed by atoms with van der Waals surface area (Å²) in [6.45, 7) is 0.283. The van der Waals surface area contributed by atoms with Crippen LogP contribution in [0.4, 0.5) is 4.39 Å². The van der Waals surface area contributed by atoms with Gasteiger partial charge >= 0.3 is 0 Å². The predicted octanol–water partition coefficient (Wildman–Crippen LogP) is 2.45. The number of aromatic nitrogens is 5. The number of thiazole rings is 1.